The molecule has 0 aromatic carbocycles. The van der Waals surface area contributed by atoms with Crippen LogP contribution in [0.5, 0.6) is 5.75 Å². The first kappa shape index (κ1) is 16.6. The Hall–Kier alpha value is -1.45. The molecule has 0 radical (unpaired) electrons. The largest absolute Gasteiger partial charge is 0.573 e. The van der Waals surface area contributed by atoms with E-state index in [-0.39, 0.29) is 10.9 Å². The number of nitrogens with zero attached hydrogens (tertiary/aromatic N) is 1. The van der Waals surface area contributed by atoms with Crippen LogP contribution in [0.4, 0.5) is 22.0 Å². The van der Waals surface area contributed by atoms with Crippen LogP contribution in [0.3, 0.4) is 0 Å². The van der Waals surface area contributed by atoms with Gasteiger partial charge in [0.2, 0.25) is 0 Å². The lowest BCUT2D eigenvalue weighted by Crippen LogP contribution is -2.21. The quantitative estimate of drug-likeness (QED) is 0.643. The zero-order valence-electron chi connectivity index (χ0n) is 9.55. The standard InChI is InChI=1S/C10H7BrF5NO3/c11-2-4-3-17-7(9(12)13)5(1-6(18)19)8(4)20-10(14,15)16/h3,9H,1-2H2,(H,18,19). The molecule has 0 aliphatic heterocycles. The number of rotatable bonds is 5. The molecule has 0 bridgehead atoms. The maximum absolute atomic E-state index is 12.7. The monoisotopic (exact) mass is 363 g/mol. The number of aromatic nitrogens is 1. The van der Waals surface area contributed by atoms with Crippen LogP contribution in [0.15, 0.2) is 6.20 Å². The van der Waals surface area contributed by atoms with Crippen molar-refractivity contribution in [3.05, 3.63) is 23.0 Å². The lowest BCUT2D eigenvalue weighted by Gasteiger charge is -2.17. The number of carboxylic acids is 1. The van der Waals surface area contributed by atoms with Crippen molar-refractivity contribution in [2.45, 2.75) is 24.5 Å². The first-order valence-electron chi connectivity index (χ1n) is 4.98. The third-order valence-corrected chi connectivity index (χ3v) is 2.73. The highest BCUT2D eigenvalue weighted by atomic mass is 79.9. The Kier molecular flexibility index (Phi) is 5.26. The van der Waals surface area contributed by atoms with Gasteiger partial charge in [-0.15, -0.1) is 13.2 Å². The molecule has 1 aromatic heterocycles. The van der Waals surface area contributed by atoms with E-state index in [1.54, 1.807) is 0 Å². The summed E-state index contributed by atoms with van der Waals surface area (Å²) in [5.41, 5.74) is -2.01. The van der Waals surface area contributed by atoms with Gasteiger partial charge in [-0.2, -0.15) is 0 Å². The Morgan fingerprint density at radius 2 is 2.05 bits per heavy atom. The van der Waals surface area contributed by atoms with Gasteiger partial charge in [0.1, 0.15) is 11.4 Å². The van der Waals surface area contributed by atoms with Gasteiger partial charge in [0.15, 0.2) is 0 Å². The maximum atomic E-state index is 12.7. The molecule has 1 rings (SSSR count). The molecule has 20 heavy (non-hydrogen) atoms. The van der Waals surface area contributed by atoms with Crippen LogP contribution in [0, 0.1) is 0 Å². The van der Waals surface area contributed by atoms with E-state index in [0.29, 0.717) is 0 Å². The molecule has 4 nitrogen and oxygen atoms in total. The number of ether oxygens (including phenoxy) is 1. The molecule has 0 unspecified atom stereocenters. The maximum Gasteiger partial charge on any atom is 0.573 e. The molecule has 0 atom stereocenters. The summed E-state index contributed by atoms with van der Waals surface area (Å²) in [7, 11) is 0. The highest BCUT2D eigenvalue weighted by Crippen LogP contribution is 2.36. The topological polar surface area (TPSA) is 59.4 Å². The van der Waals surface area contributed by atoms with Gasteiger partial charge in [-0.3, -0.25) is 9.78 Å². The summed E-state index contributed by atoms with van der Waals surface area (Å²) in [6.45, 7) is 0. The molecule has 112 valence electrons. The van der Waals surface area contributed by atoms with E-state index in [0.717, 1.165) is 6.20 Å². The minimum atomic E-state index is -5.13. The number of hydrogen-bond donors (Lipinski definition) is 1. The summed E-state index contributed by atoms with van der Waals surface area (Å²) in [6, 6.07) is 0. The van der Waals surface area contributed by atoms with Crippen molar-refractivity contribution < 1.29 is 36.6 Å². The second-order valence-corrected chi connectivity index (χ2v) is 4.09. The molecule has 10 heteroatoms. The lowest BCUT2D eigenvalue weighted by atomic mass is 10.1. The van der Waals surface area contributed by atoms with E-state index in [4.69, 9.17) is 5.11 Å². The Balaban J connectivity index is 3.46. The van der Waals surface area contributed by atoms with Crippen LogP contribution in [-0.4, -0.2) is 22.4 Å². The number of alkyl halides is 6. The van der Waals surface area contributed by atoms with Crippen molar-refractivity contribution in [1.29, 1.82) is 0 Å². The summed E-state index contributed by atoms with van der Waals surface area (Å²) < 4.78 is 66.1. The molecule has 0 saturated heterocycles. The van der Waals surface area contributed by atoms with Crippen molar-refractivity contribution in [1.82, 2.24) is 4.98 Å². The van der Waals surface area contributed by atoms with Gasteiger partial charge in [0.05, 0.1) is 6.42 Å². The van der Waals surface area contributed by atoms with E-state index in [2.05, 4.69) is 25.7 Å². The average molecular weight is 364 g/mol. The molecular weight excluding hydrogens is 357 g/mol. The third kappa shape index (κ3) is 4.29. The van der Waals surface area contributed by atoms with Crippen molar-refractivity contribution in [3.63, 3.8) is 0 Å². The average Bonchev–Trinajstić information content (AvgIpc) is 2.28. The predicted molar refractivity (Wildman–Crippen MR) is 59.8 cm³/mol. The Morgan fingerprint density at radius 1 is 1.45 bits per heavy atom. The minimum absolute atomic E-state index is 0.165. The fourth-order valence-corrected chi connectivity index (χ4v) is 1.84. The van der Waals surface area contributed by atoms with Crippen LogP contribution in [0.1, 0.15) is 23.2 Å². The number of carboxylic acid groups (broad SMARTS) is 1. The first-order chi connectivity index (χ1) is 9.15. The molecule has 0 fully saturated rings. The molecular formula is C10H7BrF5NO3. The van der Waals surface area contributed by atoms with E-state index < -0.39 is 42.2 Å². The lowest BCUT2D eigenvalue weighted by molar-refractivity contribution is -0.275. The summed E-state index contributed by atoms with van der Waals surface area (Å²) >= 11 is 2.86. The van der Waals surface area contributed by atoms with Gasteiger partial charge in [-0.1, -0.05) is 15.9 Å². The van der Waals surface area contributed by atoms with Crippen molar-refractivity contribution in [2.75, 3.05) is 0 Å². The molecule has 0 aliphatic carbocycles. The highest BCUT2D eigenvalue weighted by molar-refractivity contribution is 9.08. The van der Waals surface area contributed by atoms with Gasteiger partial charge in [0.25, 0.3) is 6.43 Å². The molecule has 0 aliphatic rings. The highest BCUT2D eigenvalue weighted by Gasteiger charge is 2.35. The van der Waals surface area contributed by atoms with Crippen LogP contribution in [0.25, 0.3) is 0 Å². The van der Waals surface area contributed by atoms with Crippen LogP contribution in [0.2, 0.25) is 0 Å². The van der Waals surface area contributed by atoms with Gasteiger partial charge >= 0.3 is 12.3 Å². The van der Waals surface area contributed by atoms with Crippen molar-refractivity contribution in [2.24, 2.45) is 0 Å². The molecule has 0 amide bonds. The second kappa shape index (κ2) is 6.33. The van der Waals surface area contributed by atoms with Crippen molar-refractivity contribution >= 4 is 21.9 Å². The Morgan fingerprint density at radius 3 is 2.45 bits per heavy atom. The zero-order valence-corrected chi connectivity index (χ0v) is 11.1. The van der Waals surface area contributed by atoms with E-state index in [1.807, 2.05) is 0 Å². The smallest absolute Gasteiger partial charge is 0.481 e. The zero-order chi connectivity index (χ0) is 15.5. The van der Waals surface area contributed by atoms with E-state index in [9.17, 15) is 26.7 Å². The summed E-state index contributed by atoms with van der Waals surface area (Å²) in [5, 5.41) is 8.47. The number of hydrogen-bond acceptors (Lipinski definition) is 3. The minimum Gasteiger partial charge on any atom is -0.481 e. The Bertz CT molecular complexity index is 506. The van der Waals surface area contributed by atoms with Gasteiger partial charge in [-0.05, 0) is 0 Å². The van der Waals surface area contributed by atoms with E-state index in [1.165, 1.54) is 0 Å². The number of carbonyl (C=O) groups is 1. The second-order valence-electron chi connectivity index (χ2n) is 3.53. The fraction of sp³-hybridized carbons (Fsp3) is 0.400. The number of aliphatic carboxylic acids is 1. The van der Waals surface area contributed by atoms with Crippen LogP contribution < -0.4 is 4.74 Å². The summed E-state index contributed by atoms with van der Waals surface area (Å²) in [6.07, 6.45) is -8.63. The number of halogens is 6. The predicted octanol–water partition coefficient (Wildman–Crippen LogP) is 3.44. The summed E-state index contributed by atoms with van der Waals surface area (Å²) in [5.74, 6) is -2.53. The van der Waals surface area contributed by atoms with E-state index >= 15 is 0 Å². The molecule has 1 N–H and O–H groups in total. The van der Waals surface area contributed by atoms with Crippen LogP contribution in [-0.2, 0) is 16.5 Å². The van der Waals surface area contributed by atoms with Gasteiger partial charge < -0.3 is 9.84 Å². The molecule has 0 saturated carbocycles. The van der Waals surface area contributed by atoms with Crippen molar-refractivity contribution in [3.8, 4) is 5.75 Å². The number of pyridine rings is 1. The Labute approximate surface area is 117 Å². The SMILES string of the molecule is O=C(O)Cc1c(C(F)F)ncc(CBr)c1OC(F)(F)F. The van der Waals surface area contributed by atoms with Gasteiger partial charge in [-0.25, -0.2) is 8.78 Å². The van der Waals surface area contributed by atoms with Gasteiger partial charge in [0, 0.05) is 22.7 Å². The van der Waals surface area contributed by atoms with Crippen LogP contribution >= 0.6 is 15.9 Å². The fourth-order valence-electron chi connectivity index (χ4n) is 1.44. The normalized spacial score (nSPS) is 11.8. The third-order valence-electron chi connectivity index (χ3n) is 2.13. The first-order valence-corrected chi connectivity index (χ1v) is 6.10. The summed E-state index contributed by atoms with van der Waals surface area (Å²) in [4.78, 5) is 13.9. The molecule has 1 aromatic rings. The molecule has 0 spiro atoms. The molecule has 1 heterocycles.